The first-order valence-electron chi connectivity index (χ1n) is 6.61. The van der Waals surface area contributed by atoms with E-state index in [-0.39, 0.29) is 0 Å². The van der Waals surface area contributed by atoms with Crippen LogP contribution in [0.3, 0.4) is 0 Å². The zero-order valence-corrected chi connectivity index (χ0v) is 14.2. The summed E-state index contributed by atoms with van der Waals surface area (Å²) in [4.78, 5) is 1.96. The third-order valence-electron chi connectivity index (χ3n) is 2.86. The van der Waals surface area contributed by atoms with E-state index in [1.54, 1.807) is 0 Å². The molecular weight excluding hydrogens is 348 g/mol. The predicted octanol–water partition coefficient (Wildman–Crippen LogP) is 4.16. The Morgan fingerprint density at radius 1 is 1.19 bits per heavy atom. The fourth-order valence-electron chi connectivity index (χ4n) is 1.70. The number of hydrogen-bond donors (Lipinski definition) is 1. The van der Waals surface area contributed by atoms with Gasteiger partial charge in [-0.15, -0.1) is 0 Å². The van der Waals surface area contributed by atoms with Gasteiger partial charge in [0.05, 0.1) is 6.54 Å². The number of likely N-dealkylation sites (N-methyl/N-ethyl adjacent to an activating group) is 1. The SMILES string of the molecule is CN(CCOc1ccccc1)C(=S)Nc1cccc(Br)c1. The minimum Gasteiger partial charge on any atom is -0.492 e. The molecule has 0 aliphatic rings. The van der Waals surface area contributed by atoms with E-state index in [9.17, 15) is 0 Å². The van der Waals surface area contributed by atoms with Crippen LogP contribution in [0, 0.1) is 0 Å². The molecule has 2 aromatic carbocycles. The van der Waals surface area contributed by atoms with Crippen molar-refractivity contribution in [2.75, 3.05) is 25.5 Å². The van der Waals surface area contributed by atoms with Crippen molar-refractivity contribution in [3.05, 3.63) is 59.1 Å². The molecule has 0 atom stereocenters. The Morgan fingerprint density at radius 3 is 2.67 bits per heavy atom. The quantitative estimate of drug-likeness (QED) is 0.805. The van der Waals surface area contributed by atoms with Crippen LogP contribution >= 0.6 is 28.1 Å². The first kappa shape index (κ1) is 15.8. The summed E-state index contributed by atoms with van der Waals surface area (Å²) in [5, 5.41) is 3.87. The van der Waals surface area contributed by atoms with Gasteiger partial charge in [0.25, 0.3) is 0 Å². The number of nitrogens with one attached hydrogen (secondary N) is 1. The highest BCUT2D eigenvalue weighted by Gasteiger charge is 2.05. The van der Waals surface area contributed by atoms with Gasteiger partial charge in [-0.25, -0.2) is 0 Å². The van der Waals surface area contributed by atoms with Gasteiger partial charge in [-0.2, -0.15) is 0 Å². The lowest BCUT2D eigenvalue weighted by molar-refractivity contribution is 0.285. The van der Waals surface area contributed by atoms with Gasteiger partial charge in [-0.3, -0.25) is 0 Å². The van der Waals surface area contributed by atoms with Gasteiger partial charge in [-0.05, 0) is 42.5 Å². The molecule has 0 saturated carbocycles. The molecule has 0 amide bonds. The molecule has 110 valence electrons. The van der Waals surface area contributed by atoms with E-state index in [1.165, 1.54) is 0 Å². The Bertz CT molecular complexity index is 592. The summed E-state index contributed by atoms with van der Waals surface area (Å²) in [5.74, 6) is 0.872. The number of para-hydroxylation sites is 1. The minimum absolute atomic E-state index is 0.584. The van der Waals surface area contributed by atoms with Crippen LogP contribution < -0.4 is 10.1 Å². The van der Waals surface area contributed by atoms with E-state index >= 15 is 0 Å². The summed E-state index contributed by atoms with van der Waals surface area (Å²) >= 11 is 8.82. The maximum atomic E-state index is 5.66. The molecule has 5 heteroatoms. The van der Waals surface area contributed by atoms with Crippen molar-refractivity contribution >= 4 is 38.9 Å². The zero-order chi connectivity index (χ0) is 15.1. The van der Waals surface area contributed by atoms with E-state index in [1.807, 2.05) is 66.5 Å². The number of thiocarbonyl (C=S) groups is 1. The van der Waals surface area contributed by atoms with Crippen LogP contribution in [0.25, 0.3) is 0 Å². The second-order valence-electron chi connectivity index (χ2n) is 4.52. The van der Waals surface area contributed by atoms with Gasteiger partial charge in [0.15, 0.2) is 5.11 Å². The fourth-order valence-corrected chi connectivity index (χ4v) is 2.31. The molecule has 0 bridgehead atoms. The molecule has 0 saturated heterocycles. The molecular formula is C16H17BrN2OS. The molecule has 0 spiro atoms. The summed E-state index contributed by atoms with van der Waals surface area (Å²) in [6, 6.07) is 17.7. The highest BCUT2D eigenvalue weighted by Crippen LogP contribution is 2.16. The molecule has 0 aliphatic heterocycles. The molecule has 0 aliphatic carbocycles. The maximum Gasteiger partial charge on any atom is 0.173 e. The normalized spacial score (nSPS) is 10.0. The third kappa shape index (κ3) is 5.36. The maximum absolute atomic E-state index is 5.66. The monoisotopic (exact) mass is 364 g/mol. The average Bonchev–Trinajstić information content (AvgIpc) is 2.48. The second kappa shape index (κ2) is 8.00. The fraction of sp³-hybridized carbons (Fsp3) is 0.188. The molecule has 0 heterocycles. The largest absolute Gasteiger partial charge is 0.492 e. The van der Waals surface area contributed by atoms with Crippen molar-refractivity contribution in [1.29, 1.82) is 0 Å². The van der Waals surface area contributed by atoms with Gasteiger partial charge in [0.1, 0.15) is 12.4 Å². The van der Waals surface area contributed by atoms with Crippen LogP contribution in [0.1, 0.15) is 0 Å². The van der Waals surface area contributed by atoms with E-state index in [4.69, 9.17) is 17.0 Å². The number of ether oxygens (including phenoxy) is 1. The Kier molecular flexibility index (Phi) is 6.02. The number of rotatable bonds is 5. The lowest BCUT2D eigenvalue weighted by Gasteiger charge is -2.21. The summed E-state index contributed by atoms with van der Waals surface area (Å²) < 4.78 is 6.68. The van der Waals surface area contributed by atoms with Gasteiger partial charge in [0, 0.05) is 17.2 Å². The van der Waals surface area contributed by atoms with Crippen LogP contribution in [0.15, 0.2) is 59.1 Å². The van der Waals surface area contributed by atoms with Gasteiger partial charge in [0.2, 0.25) is 0 Å². The van der Waals surface area contributed by atoms with Crippen LogP contribution in [0.4, 0.5) is 5.69 Å². The van der Waals surface area contributed by atoms with Crippen molar-refractivity contribution in [3.63, 3.8) is 0 Å². The van der Waals surface area contributed by atoms with Crippen molar-refractivity contribution in [3.8, 4) is 5.75 Å². The van der Waals surface area contributed by atoms with E-state index in [0.717, 1.165) is 15.9 Å². The first-order valence-corrected chi connectivity index (χ1v) is 7.81. The highest BCUT2D eigenvalue weighted by atomic mass is 79.9. The second-order valence-corrected chi connectivity index (χ2v) is 5.83. The molecule has 0 unspecified atom stereocenters. The minimum atomic E-state index is 0.584. The summed E-state index contributed by atoms with van der Waals surface area (Å²) in [6.45, 7) is 1.30. The topological polar surface area (TPSA) is 24.5 Å². The number of nitrogens with zero attached hydrogens (tertiary/aromatic N) is 1. The number of hydrogen-bond acceptors (Lipinski definition) is 2. The van der Waals surface area contributed by atoms with Crippen molar-refractivity contribution in [2.24, 2.45) is 0 Å². The summed E-state index contributed by atoms with van der Waals surface area (Å²) in [5.41, 5.74) is 0.963. The van der Waals surface area contributed by atoms with E-state index < -0.39 is 0 Å². The van der Waals surface area contributed by atoms with Crippen LogP contribution in [0.5, 0.6) is 5.75 Å². The summed E-state index contributed by atoms with van der Waals surface area (Å²) in [6.07, 6.45) is 0. The zero-order valence-electron chi connectivity index (χ0n) is 11.8. The van der Waals surface area contributed by atoms with E-state index in [0.29, 0.717) is 18.3 Å². The number of halogens is 1. The Balaban J connectivity index is 1.77. The molecule has 0 fully saturated rings. The Hall–Kier alpha value is -1.59. The van der Waals surface area contributed by atoms with Gasteiger partial charge < -0.3 is 15.0 Å². The highest BCUT2D eigenvalue weighted by molar-refractivity contribution is 9.10. The Labute approximate surface area is 139 Å². The molecule has 2 rings (SSSR count). The molecule has 1 N–H and O–H groups in total. The standard InChI is InChI=1S/C16H17BrN2OS/c1-19(10-11-20-15-8-3-2-4-9-15)16(21)18-14-7-5-6-13(17)12-14/h2-9,12H,10-11H2,1H3,(H,18,21). The number of anilines is 1. The predicted molar refractivity (Wildman–Crippen MR) is 94.9 cm³/mol. The molecule has 0 radical (unpaired) electrons. The van der Waals surface area contributed by atoms with Crippen LogP contribution in [-0.4, -0.2) is 30.2 Å². The van der Waals surface area contributed by atoms with Crippen molar-refractivity contribution < 1.29 is 4.74 Å². The molecule has 3 nitrogen and oxygen atoms in total. The van der Waals surface area contributed by atoms with Crippen LogP contribution in [-0.2, 0) is 0 Å². The lowest BCUT2D eigenvalue weighted by atomic mass is 10.3. The molecule has 0 aromatic heterocycles. The summed E-state index contributed by atoms with van der Waals surface area (Å²) in [7, 11) is 1.95. The first-order chi connectivity index (χ1) is 10.1. The van der Waals surface area contributed by atoms with Gasteiger partial charge in [-0.1, -0.05) is 40.2 Å². The van der Waals surface area contributed by atoms with Crippen LogP contribution in [0.2, 0.25) is 0 Å². The molecule has 21 heavy (non-hydrogen) atoms. The van der Waals surface area contributed by atoms with Crippen molar-refractivity contribution in [2.45, 2.75) is 0 Å². The smallest absolute Gasteiger partial charge is 0.173 e. The number of benzene rings is 2. The molecule has 2 aromatic rings. The van der Waals surface area contributed by atoms with Crippen molar-refractivity contribution in [1.82, 2.24) is 4.90 Å². The van der Waals surface area contributed by atoms with Gasteiger partial charge >= 0.3 is 0 Å². The Morgan fingerprint density at radius 2 is 1.95 bits per heavy atom. The third-order valence-corrected chi connectivity index (χ3v) is 3.77. The average molecular weight is 365 g/mol. The van der Waals surface area contributed by atoms with E-state index in [2.05, 4.69) is 21.2 Å². The lowest BCUT2D eigenvalue weighted by Crippen LogP contribution is -2.34.